The van der Waals surface area contributed by atoms with E-state index in [2.05, 4.69) is 42.1 Å². The normalized spacial score (nSPS) is 11.0. The van der Waals surface area contributed by atoms with E-state index in [1.807, 2.05) is 6.92 Å². The number of nitrogens with zero attached hydrogens (tertiary/aromatic N) is 3. The van der Waals surface area contributed by atoms with Crippen LogP contribution in [0.4, 0.5) is 0 Å². The molecule has 0 fully saturated rings. The molecule has 2 N–H and O–H groups in total. The van der Waals surface area contributed by atoms with Gasteiger partial charge in [0.1, 0.15) is 5.82 Å². The van der Waals surface area contributed by atoms with Gasteiger partial charge in [0.25, 0.3) is 0 Å². The van der Waals surface area contributed by atoms with E-state index in [1.165, 1.54) is 4.88 Å². The van der Waals surface area contributed by atoms with E-state index in [4.69, 9.17) is 5.73 Å². The average Bonchev–Trinajstić information content (AvgIpc) is 2.86. The molecule has 0 aliphatic carbocycles. The molecule has 0 bridgehead atoms. The Labute approximate surface area is 117 Å². The van der Waals surface area contributed by atoms with Crippen molar-refractivity contribution in [1.82, 2.24) is 14.8 Å². The van der Waals surface area contributed by atoms with Crippen LogP contribution in [0.2, 0.25) is 0 Å². The Hall–Kier alpha value is -0.370. The first-order valence-corrected chi connectivity index (χ1v) is 7.82. The third-order valence-electron chi connectivity index (χ3n) is 2.28. The summed E-state index contributed by atoms with van der Waals surface area (Å²) in [5.74, 6) is 1.82. The lowest BCUT2D eigenvalue weighted by Crippen LogP contribution is -2.12. The highest BCUT2D eigenvalue weighted by Gasteiger charge is 2.10. The topological polar surface area (TPSA) is 56.7 Å². The number of nitrogens with two attached hydrogens (primary N) is 1. The van der Waals surface area contributed by atoms with E-state index < -0.39 is 0 Å². The predicted molar refractivity (Wildman–Crippen MR) is 75.4 cm³/mol. The van der Waals surface area contributed by atoms with Crippen LogP contribution in [0.1, 0.15) is 10.7 Å². The molecule has 0 saturated carbocycles. The Balaban J connectivity index is 2.06. The van der Waals surface area contributed by atoms with Gasteiger partial charge in [-0.25, -0.2) is 0 Å². The number of halogens is 1. The predicted octanol–water partition coefficient (Wildman–Crippen LogP) is 2.66. The van der Waals surface area contributed by atoms with Crippen molar-refractivity contribution < 1.29 is 0 Å². The third-order valence-corrected chi connectivity index (χ3v) is 5.38. The van der Waals surface area contributed by atoms with Gasteiger partial charge in [0.05, 0.1) is 0 Å². The molecule has 0 spiro atoms. The molecule has 0 amide bonds. The molecule has 0 atom stereocenters. The zero-order chi connectivity index (χ0) is 12.3. The Bertz CT molecular complexity index is 494. The summed E-state index contributed by atoms with van der Waals surface area (Å²) >= 11 is 6.97. The summed E-state index contributed by atoms with van der Waals surface area (Å²) in [5.41, 5.74) is 5.58. The Kier molecular flexibility index (Phi) is 4.61. The fraction of sp³-hybridized carbons (Fsp3) is 0.400. The molecule has 0 unspecified atom stereocenters. The molecule has 0 saturated heterocycles. The van der Waals surface area contributed by atoms with Crippen LogP contribution in [-0.2, 0) is 12.3 Å². The van der Waals surface area contributed by atoms with Crippen LogP contribution in [0, 0.1) is 6.92 Å². The van der Waals surface area contributed by atoms with E-state index in [9.17, 15) is 0 Å². The number of hydrogen-bond acceptors (Lipinski definition) is 5. The summed E-state index contributed by atoms with van der Waals surface area (Å²) in [7, 11) is 0. The second-order valence-electron chi connectivity index (χ2n) is 3.45. The number of aryl methyl sites for hydroxylation is 1. The van der Waals surface area contributed by atoms with E-state index in [0.717, 1.165) is 27.8 Å². The fourth-order valence-corrected chi connectivity index (χ4v) is 4.22. The van der Waals surface area contributed by atoms with Gasteiger partial charge in [-0.05, 0) is 34.3 Å². The minimum atomic E-state index is 0.606. The van der Waals surface area contributed by atoms with Gasteiger partial charge in [0.15, 0.2) is 5.16 Å². The summed E-state index contributed by atoms with van der Waals surface area (Å²) < 4.78 is 3.23. The third kappa shape index (κ3) is 3.09. The molecule has 2 aromatic heterocycles. The number of rotatable bonds is 5. The summed E-state index contributed by atoms with van der Waals surface area (Å²) in [6.07, 6.45) is 0. The summed E-state index contributed by atoms with van der Waals surface area (Å²) in [4.78, 5) is 1.31. The Morgan fingerprint density at radius 1 is 1.53 bits per heavy atom. The second kappa shape index (κ2) is 5.99. The first-order valence-electron chi connectivity index (χ1n) is 5.17. The maximum Gasteiger partial charge on any atom is 0.191 e. The lowest BCUT2D eigenvalue weighted by Gasteiger charge is -2.05. The standard InChI is InChI=1S/C10H13BrN4S2/c1-7-13-14-10(15(7)4-3-12)17-6-9-8(11)2-5-16-9/h2,5H,3-4,6,12H2,1H3. The quantitative estimate of drug-likeness (QED) is 0.855. The van der Waals surface area contributed by atoms with Gasteiger partial charge in [-0.2, -0.15) is 0 Å². The lowest BCUT2D eigenvalue weighted by atomic mass is 10.5. The molecule has 2 aromatic rings. The number of aromatic nitrogens is 3. The van der Waals surface area contributed by atoms with Crippen molar-refractivity contribution in [1.29, 1.82) is 0 Å². The largest absolute Gasteiger partial charge is 0.329 e. The molecule has 0 aliphatic heterocycles. The average molecular weight is 333 g/mol. The molecular formula is C10H13BrN4S2. The van der Waals surface area contributed by atoms with Crippen LogP contribution in [0.3, 0.4) is 0 Å². The zero-order valence-electron chi connectivity index (χ0n) is 9.39. The van der Waals surface area contributed by atoms with Crippen molar-refractivity contribution in [2.24, 2.45) is 5.73 Å². The monoisotopic (exact) mass is 332 g/mol. The molecule has 0 aromatic carbocycles. The highest BCUT2D eigenvalue weighted by molar-refractivity contribution is 9.10. The molecule has 2 heterocycles. The molecule has 0 radical (unpaired) electrons. The SMILES string of the molecule is Cc1nnc(SCc2sccc2Br)n1CCN. The molecule has 2 rings (SSSR count). The smallest absolute Gasteiger partial charge is 0.191 e. The van der Waals surface area contributed by atoms with Crippen molar-refractivity contribution in [3.05, 3.63) is 26.6 Å². The molecule has 17 heavy (non-hydrogen) atoms. The molecule has 0 aliphatic rings. The van der Waals surface area contributed by atoms with Crippen LogP contribution in [0.15, 0.2) is 21.1 Å². The van der Waals surface area contributed by atoms with Gasteiger partial charge >= 0.3 is 0 Å². The van der Waals surface area contributed by atoms with Crippen molar-refractivity contribution in [3.8, 4) is 0 Å². The van der Waals surface area contributed by atoms with Crippen molar-refractivity contribution >= 4 is 39.0 Å². The summed E-state index contributed by atoms with van der Waals surface area (Å²) in [5, 5.41) is 11.3. The van der Waals surface area contributed by atoms with Gasteiger partial charge in [0, 0.05) is 28.2 Å². The molecule has 7 heteroatoms. The van der Waals surface area contributed by atoms with E-state index in [1.54, 1.807) is 23.1 Å². The highest BCUT2D eigenvalue weighted by atomic mass is 79.9. The van der Waals surface area contributed by atoms with Crippen molar-refractivity contribution in [2.45, 2.75) is 24.4 Å². The van der Waals surface area contributed by atoms with Crippen LogP contribution >= 0.6 is 39.0 Å². The maximum absolute atomic E-state index is 5.58. The lowest BCUT2D eigenvalue weighted by molar-refractivity contribution is 0.627. The van der Waals surface area contributed by atoms with Crippen LogP contribution in [0.25, 0.3) is 0 Å². The number of thioether (sulfide) groups is 1. The first-order chi connectivity index (χ1) is 8.22. The first kappa shape index (κ1) is 13.1. The van der Waals surface area contributed by atoms with Gasteiger partial charge < -0.3 is 10.3 Å². The van der Waals surface area contributed by atoms with Crippen LogP contribution in [-0.4, -0.2) is 21.3 Å². The van der Waals surface area contributed by atoms with Gasteiger partial charge in [-0.3, -0.25) is 0 Å². The van der Waals surface area contributed by atoms with E-state index >= 15 is 0 Å². The van der Waals surface area contributed by atoms with Gasteiger partial charge in [-0.15, -0.1) is 21.5 Å². The Morgan fingerprint density at radius 3 is 3.00 bits per heavy atom. The van der Waals surface area contributed by atoms with E-state index in [-0.39, 0.29) is 0 Å². The number of hydrogen-bond donors (Lipinski definition) is 1. The van der Waals surface area contributed by atoms with Crippen LogP contribution in [0.5, 0.6) is 0 Å². The molecular weight excluding hydrogens is 320 g/mol. The summed E-state index contributed by atoms with van der Waals surface area (Å²) in [6, 6.07) is 2.07. The minimum absolute atomic E-state index is 0.606. The zero-order valence-corrected chi connectivity index (χ0v) is 12.6. The summed E-state index contributed by atoms with van der Waals surface area (Å²) in [6.45, 7) is 3.33. The second-order valence-corrected chi connectivity index (χ2v) is 6.25. The highest BCUT2D eigenvalue weighted by Crippen LogP contribution is 2.29. The Morgan fingerprint density at radius 2 is 2.35 bits per heavy atom. The minimum Gasteiger partial charge on any atom is -0.329 e. The maximum atomic E-state index is 5.58. The molecule has 92 valence electrons. The van der Waals surface area contributed by atoms with Crippen LogP contribution < -0.4 is 5.73 Å². The molecule has 4 nitrogen and oxygen atoms in total. The fourth-order valence-electron chi connectivity index (χ4n) is 1.41. The van der Waals surface area contributed by atoms with Gasteiger partial charge in [-0.1, -0.05) is 11.8 Å². The number of thiophene rings is 1. The van der Waals surface area contributed by atoms with E-state index in [0.29, 0.717) is 6.54 Å². The van der Waals surface area contributed by atoms with Gasteiger partial charge in [0.2, 0.25) is 0 Å². The van der Waals surface area contributed by atoms with Crippen molar-refractivity contribution in [2.75, 3.05) is 6.54 Å². The van der Waals surface area contributed by atoms with Crippen molar-refractivity contribution in [3.63, 3.8) is 0 Å².